The molecule has 1 aromatic heterocycles. The number of hydrogen-bond donors (Lipinski definition) is 1. The molecular formula is C3H5N3O. The average Bonchev–Trinajstić information content (AvgIpc) is 2.18. The Morgan fingerprint density at radius 1 is 1.43 bits per heavy atom. The summed E-state index contributed by atoms with van der Waals surface area (Å²) >= 11 is 0. The Bertz CT molecular complexity index is 207. The molecule has 2 bridgehead atoms. The molecule has 0 aromatic carbocycles. The zero-order chi connectivity index (χ0) is 4.85. The number of aryl methyl sites for hydroxylation is 2. The van der Waals surface area contributed by atoms with Crippen LogP contribution in [0.2, 0.25) is 0 Å². The molecule has 38 valence electrons. The van der Waals surface area contributed by atoms with Gasteiger partial charge >= 0.3 is 5.69 Å². The number of hydrogen-bond acceptors (Lipinski definition) is 1. The molecule has 1 aromatic rings. The minimum absolute atomic E-state index is 0.111. The van der Waals surface area contributed by atoms with Crippen molar-refractivity contribution in [3.63, 3.8) is 0 Å². The lowest BCUT2D eigenvalue weighted by Gasteiger charge is -1.97. The van der Waals surface area contributed by atoms with E-state index in [9.17, 15) is 4.79 Å². The first-order valence-electron chi connectivity index (χ1n) is 2.23. The van der Waals surface area contributed by atoms with Crippen LogP contribution in [0.15, 0.2) is 4.79 Å². The maximum Gasteiger partial charge on any atom is 0.359 e. The van der Waals surface area contributed by atoms with Gasteiger partial charge in [-0.15, -0.1) is 0 Å². The van der Waals surface area contributed by atoms with E-state index in [0.717, 1.165) is 13.1 Å². The number of aromatic amines is 1. The second-order valence-electron chi connectivity index (χ2n) is 1.69. The number of aromatic nitrogens is 3. The highest BCUT2D eigenvalue weighted by Gasteiger charge is 2.14. The molecule has 2 aliphatic rings. The van der Waals surface area contributed by atoms with Gasteiger partial charge < -0.3 is 0 Å². The summed E-state index contributed by atoms with van der Waals surface area (Å²) in [4.78, 5) is 10.4. The molecule has 0 radical (unpaired) electrons. The fourth-order valence-electron chi connectivity index (χ4n) is 0.824. The van der Waals surface area contributed by atoms with Crippen molar-refractivity contribution in [2.45, 2.75) is 13.1 Å². The third kappa shape index (κ3) is 0.185. The second-order valence-corrected chi connectivity index (χ2v) is 1.69. The molecule has 0 atom stereocenters. The number of rotatable bonds is 0. The molecule has 0 spiro atoms. The number of fused-ring (bicyclic) bond motifs is 1. The Kier molecular flexibility index (Phi) is 0.306. The highest BCUT2D eigenvalue weighted by atomic mass is 16.2. The molecule has 1 N–H and O–H groups in total. The van der Waals surface area contributed by atoms with Crippen LogP contribution in [0.1, 0.15) is 0 Å². The lowest BCUT2D eigenvalue weighted by Crippen LogP contribution is -2.32. The van der Waals surface area contributed by atoms with Gasteiger partial charge in [-0.05, 0) is 0 Å². The maximum absolute atomic E-state index is 10.4. The molecule has 0 amide bonds. The van der Waals surface area contributed by atoms with Gasteiger partial charge in [0, 0.05) is 0 Å². The predicted octanol–water partition coefficient (Wildman–Crippen LogP) is -1.01. The lowest BCUT2D eigenvalue weighted by molar-refractivity contribution is 0.522. The summed E-state index contributed by atoms with van der Waals surface area (Å²) < 4.78 is 3.17. The molecule has 0 aliphatic carbocycles. The van der Waals surface area contributed by atoms with E-state index in [0.29, 0.717) is 0 Å². The largest absolute Gasteiger partial charge is 0.359 e. The Morgan fingerprint density at radius 3 is 2.14 bits per heavy atom. The molecular weight excluding hydrogens is 94.1 g/mol. The number of nitrogens with zero attached hydrogens (tertiary/aromatic N) is 2. The molecule has 3 rings (SSSR count). The summed E-state index contributed by atoms with van der Waals surface area (Å²) in [5, 5.41) is 2.78. The Labute approximate surface area is 39.3 Å². The van der Waals surface area contributed by atoms with Crippen LogP contribution in [0.5, 0.6) is 0 Å². The van der Waals surface area contributed by atoms with Gasteiger partial charge in [-0.2, -0.15) is 0 Å². The van der Waals surface area contributed by atoms with E-state index in [1.54, 1.807) is 9.36 Å². The van der Waals surface area contributed by atoms with Crippen LogP contribution in [0, 0.1) is 0 Å². The van der Waals surface area contributed by atoms with E-state index in [-0.39, 0.29) is 5.69 Å². The Balaban J connectivity index is 2.82. The van der Waals surface area contributed by atoms with Crippen molar-refractivity contribution in [3.8, 4) is 0 Å². The van der Waals surface area contributed by atoms with Crippen molar-refractivity contribution < 1.29 is 0 Å². The predicted molar refractivity (Wildman–Crippen MR) is 23.0 cm³/mol. The van der Waals surface area contributed by atoms with Gasteiger partial charge in [0.05, 0.1) is 13.1 Å². The van der Waals surface area contributed by atoms with Crippen LogP contribution in [0.4, 0.5) is 0 Å². The van der Waals surface area contributed by atoms with Gasteiger partial charge in [0.15, 0.2) is 0 Å². The molecule has 0 saturated heterocycles. The molecule has 4 heteroatoms. The monoisotopic (exact) mass is 99.0 g/mol. The molecule has 2 aliphatic heterocycles. The Morgan fingerprint density at radius 2 is 2.00 bits per heavy atom. The molecule has 3 heterocycles. The van der Waals surface area contributed by atoms with Crippen molar-refractivity contribution in [3.05, 3.63) is 10.5 Å². The molecule has 4 nitrogen and oxygen atoms in total. The highest BCUT2D eigenvalue weighted by Crippen LogP contribution is 1.89. The quantitative estimate of drug-likeness (QED) is 0.445. The van der Waals surface area contributed by atoms with E-state index >= 15 is 0 Å². The summed E-state index contributed by atoms with van der Waals surface area (Å²) in [6.45, 7) is 1.69. The van der Waals surface area contributed by atoms with Crippen molar-refractivity contribution >= 4 is 0 Å². The zero-order valence-corrected chi connectivity index (χ0v) is 3.72. The number of H-pyrrole nitrogens is 1. The maximum atomic E-state index is 10.4. The second kappa shape index (κ2) is 0.685. The van der Waals surface area contributed by atoms with Crippen LogP contribution in [0.25, 0.3) is 0 Å². The van der Waals surface area contributed by atoms with Gasteiger partial charge in [-0.1, -0.05) is 0 Å². The fraction of sp³-hybridized carbons (Fsp3) is 0.667. The summed E-state index contributed by atoms with van der Waals surface area (Å²) in [7, 11) is 0. The van der Waals surface area contributed by atoms with Crippen molar-refractivity contribution in [1.29, 1.82) is 0 Å². The Hall–Kier alpha value is -0.930. The van der Waals surface area contributed by atoms with Crippen LogP contribution in [-0.2, 0) is 13.1 Å². The van der Waals surface area contributed by atoms with E-state index in [4.69, 9.17) is 0 Å². The molecule has 7 heavy (non-hydrogen) atoms. The standard InChI is InChI=1S/C3H5N3O/c7-3-5-1-2-6(3)4-5/h4H,1-2H2. The van der Waals surface area contributed by atoms with Crippen LogP contribution in [0.3, 0.4) is 0 Å². The van der Waals surface area contributed by atoms with Gasteiger partial charge in [0.1, 0.15) is 0 Å². The first-order valence-corrected chi connectivity index (χ1v) is 2.23. The number of nitrogens with one attached hydrogen (secondary N) is 1. The normalized spacial score (nSPS) is 16.0. The summed E-state index contributed by atoms with van der Waals surface area (Å²) in [5.74, 6) is 0. The smallest absolute Gasteiger partial charge is 0.244 e. The third-order valence-electron chi connectivity index (χ3n) is 1.25. The van der Waals surface area contributed by atoms with E-state index < -0.39 is 0 Å². The summed E-state index contributed by atoms with van der Waals surface area (Å²) in [6, 6.07) is 0. The SMILES string of the molecule is O=c1n2[nH]n1CC2. The molecule has 0 unspecified atom stereocenters. The first-order chi connectivity index (χ1) is 3.38. The van der Waals surface area contributed by atoms with Crippen LogP contribution < -0.4 is 5.69 Å². The third-order valence-corrected chi connectivity index (χ3v) is 1.25. The van der Waals surface area contributed by atoms with E-state index in [1.807, 2.05) is 0 Å². The van der Waals surface area contributed by atoms with Crippen molar-refractivity contribution in [2.24, 2.45) is 0 Å². The molecule has 0 saturated carbocycles. The van der Waals surface area contributed by atoms with Gasteiger partial charge in [-0.25, -0.2) is 19.4 Å². The van der Waals surface area contributed by atoms with Crippen molar-refractivity contribution in [2.75, 3.05) is 0 Å². The zero-order valence-electron chi connectivity index (χ0n) is 3.72. The average molecular weight is 99.1 g/mol. The fourth-order valence-corrected chi connectivity index (χ4v) is 0.824. The van der Waals surface area contributed by atoms with Gasteiger partial charge in [0.2, 0.25) is 0 Å². The van der Waals surface area contributed by atoms with Crippen molar-refractivity contribution in [1.82, 2.24) is 14.6 Å². The topological polar surface area (TPSA) is 42.7 Å². The minimum atomic E-state index is 0.111. The van der Waals surface area contributed by atoms with Crippen LogP contribution in [-0.4, -0.2) is 14.6 Å². The minimum Gasteiger partial charge on any atom is -0.244 e. The highest BCUT2D eigenvalue weighted by molar-refractivity contribution is 4.68. The van der Waals surface area contributed by atoms with Crippen LogP contribution >= 0.6 is 0 Å². The first kappa shape index (κ1) is 3.12. The summed E-state index contributed by atoms with van der Waals surface area (Å²) in [5.41, 5.74) is 0.111. The summed E-state index contributed by atoms with van der Waals surface area (Å²) in [6.07, 6.45) is 0. The molecule has 0 fully saturated rings. The van der Waals surface area contributed by atoms with Gasteiger partial charge in [-0.3, -0.25) is 0 Å². The lowest BCUT2D eigenvalue weighted by atomic mass is 10.7. The van der Waals surface area contributed by atoms with E-state index in [1.165, 1.54) is 0 Å². The van der Waals surface area contributed by atoms with Gasteiger partial charge in [0.25, 0.3) is 0 Å². The van der Waals surface area contributed by atoms with E-state index in [2.05, 4.69) is 5.21 Å².